The molecule has 0 aliphatic heterocycles. The summed E-state index contributed by atoms with van der Waals surface area (Å²) in [4.78, 5) is 4.65. The van der Waals surface area contributed by atoms with E-state index in [2.05, 4.69) is 41.7 Å². The summed E-state index contributed by atoms with van der Waals surface area (Å²) in [5.41, 5.74) is 1.95. The summed E-state index contributed by atoms with van der Waals surface area (Å²) in [7, 11) is 0. The van der Waals surface area contributed by atoms with Gasteiger partial charge in [0.05, 0.1) is 12.3 Å². The van der Waals surface area contributed by atoms with Crippen molar-refractivity contribution in [2.45, 2.75) is 38.8 Å². The van der Waals surface area contributed by atoms with Crippen molar-refractivity contribution < 1.29 is 5.11 Å². The van der Waals surface area contributed by atoms with Crippen molar-refractivity contribution >= 4 is 11.3 Å². The number of nitrogens with zero attached hydrogens (tertiary/aromatic N) is 1. The molecule has 0 radical (unpaired) electrons. The Labute approximate surface area is 124 Å². The number of nitrogens with one attached hydrogen (secondary N) is 1. The van der Waals surface area contributed by atoms with Crippen molar-refractivity contribution in [3.63, 3.8) is 0 Å². The van der Waals surface area contributed by atoms with Crippen molar-refractivity contribution in [1.82, 2.24) is 10.3 Å². The van der Waals surface area contributed by atoms with Gasteiger partial charge in [-0.15, -0.1) is 11.3 Å². The van der Waals surface area contributed by atoms with Crippen LogP contribution in [-0.2, 0) is 6.54 Å². The molecule has 0 fully saturated rings. The van der Waals surface area contributed by atoms with Gasteiger partial charge < -0.3 is 10.4 Å². The van der Waals surface area contributed by atoms with Crippen LogP contribution in [0.4, 0.5) is 0 Å². The minimum absolute atomic E-state index is 0.151. The lowest BCUT2D eigenvalue weighted by molar-refractivity contribution is 0.163. The molecule has 20 heavy (non-hydrogen) atoms. The lowest BCUT2D eigenvalue weighted by Gasteiger charge is -2.28. The number of hydrogen-bond donors (Lipinski definition) is 2. The van der Waals surface area contributed by atoms with E-state index in [4.69, 9.17) is 0 Å². The van der Waals surface area contributed by atoms with E-state index in [-0.39, 0.29) is 12.1 Å². The Hall–Kier alpha value is -1.23. The number of benzene rings is 1. The standard InChI is InChI=1S/C16H22N2OS/c1-3-9-16(2,12-19)17-10-15-18-14(11-20-15)13-7-5-4-6-8-13/h4-8,11,17,19H,3,9-10,12H2,1-2H3. The maximum atomic E-state index is 9.50. The zero-order valence-corrected chi connectivity index (χ0v) is 12.9. The molecule has 4 heteroatoms. The van der Waals surface area contributed by atoms with Gasteiger partial charge in [-0.3, -0.25) is 0 Å². The summed E-state index contributed by atoms with van der Waals surface area (Å²) in [5, 5.41) is 16.1. The number of aliphatic hydroxyl groups excluding tert-OH is 1. The Kier molecular flexibility index (Phi) is 5.29. The van der Waals surface area contributed by atoms with Crippen molar-refractivity contribution in [3.8, 4) is 11.3 Å². The minimum atomic E-state index is -0.215. The molecule has 0 bridgehead atoms. The topological polar surface area (TPSA) is 45.1 Å². The molecule has 3 nitrogen and oxygen atoms in total. The second kappa shape index (κ2) is 6.97. The summed E-state index contributed by atoms with van der Waals surface area (Å²) in [6.45, 7) is 5.04. The Balaban J connectivity index is 2.00. The molecule has 1 unspecified atom stereocenters. The highest BCUT2D eigenvalue weighted by molar-refractivity contribution is 7.09. The van der Waals surface area contributed by atoms with E-state index >= 15 is 0 Å². The van der Waals surface area contributed by atoms with Crippen LogP contribution in [0.15, 0.2) is 35.7 Å². The van der Waals surface area contributed by atoms with Crippen LogP contribution in [0, 0.1) is 0 Å². The predicted octanol–water partition coefficient (Wildman–Crippen LogP) is 3.45. The molecule has 0 saturated carbocycles. The van der Waals surface area contributed by atoms with Gasteiger partial charge in [0.1, 0.15) is 5.01 Å². The van der Waals surface area contributed by atoms with Gasteiger partial charge in [0.2, 0.25) is 0 Å². The molecule has 2 rings (SSSR count). The van der Waals surface area contributed by atoms with Gasteiger partial charge in [-0.05, 0) is 13.3 Å². The van der Waals surface area contributed by atoms with E-state index < -0.39 is 0 Å². The van der Waals surface area contributed by atoms with Gasteiger partial charge in [0.25, 0.3) is 0 Å². The molecule has 0 aliphatic carbocycles. The van der Waals surface area contributed by atoms with Crippen molar-refractivity contribution in [2.75, 3.05) is 6.61 Å². The second-order valence-corrected chi connectivity index (χ2v) is 6.26. The first-order chi connectivity index (χ1) is 9.67. The van der Waals surface area contributed by atoms with E-state index in [9.17, 15) is 5.11 Å². The fourth-order valence-electron chi connectivity index (χ4n) is 2.20. The summed E-state index contributed by atoms with van der Waals surface area (Å²) >= 11 is 1.66. The minimum Gasteiger partial charge on any atom is -0.394 e. The Morgan fingerprint density at radius 1 is 1.30 bits per heavy atom. The van der Waals surface area contributed by atoms with Crippen LogP contribution < -0.4 is 5.32 Å². The average Bonchev–Trinajstić information content (AvgIpc) is 2.95. The highest BCUT2D eigenvalue weighted by atomic mass is 32.1. The molecule has 0 spiro atoms. The summed E-state index contributed by atoms with van der Waals surface area (Å²) < 4.78 is 0. The molecular weight excluding hydrogens is 268 g/mol. The second-order valence-electron chi connectivity index (χ2n) is 5.31. The summed E-state index contributed by atoms with van der Waals surface area (Å²) in [6, 6.07) is 10.2. The number of thiazole rings is 1. The molecule has 0 aliphatic rings. The zero-order chi connectivity index (χ0) is 14.4. The van der Waals surface area contributed by atoms with E-state index in [1.165, 1.54) is 0 Å². The molecule has 1 atom stereocenters. The van der Waals surface area contributed by atoms with Crippen molar-refractivity contribution in [3.05, 3.63) is 40.7 Å². The van der Waals surface area contributed by atoms with Crippen LogP contribution in [0.2, 0.25) is 0 Å². The van der Waals surface area contributed by atoms with Crippen LogP contribution in [-0.4, -0.2) is 22.2 Å². The van der Waals surface area contributed by atoms with E-state index in [0.29, 0.717) is 6.54 Å². The number of hydrogen-bond acceptors (Lipinski definition) is 4. The third kappa shape index (κ3) is 3.88. The molecule has 1 aromatic heterocycles. The monoisotopic (exact) mass is 290 g/mol. The maximum absolute atomic E-state index is 9.50. The van der Waals surface area contributed by atoms with Crippen LogP contribution >= 0.6 is 11.3 Å². The molecule has 1 heterocycles. The number of rotatable bonds is 7. The number of aromatic nitrogens is 1. The molecule has 0 saturated heterocycles. The highest BCUT2D eigenvalue weighted by Crippen LogP contribution is 2.22. The molecular formula is C16H22N2OS. The van der Waals surface area contributed by atoms with Gasteiger partial charge in [0.15, 0.2) is 0 Å². The van der Waals surface area contributed by atoms with Crippen LogP contribution in [0.1, 0.15) is 31.7 Å². The smallest absolute Gasteiger partial charge is 0.107 e. The first-order valence-corrected chi connectivity index (χ1v) is 7.90. The van der Waals surface area contributed by atoms with Gasteiger partial charge in [-0.2, -0.15) is 0 Å². The van der Waals surface area contributed by atoms with Gasteiger partial charge in [0, 0.05) is 23.0 Å². The summed E-state index contributed by atoms with van der Waals surface area (Å²) in [6.07, 6.45) is 2.01. The van der Waals surface area contributed by atoms with Gasteiger partial charge >= 0.3 is 0 Å². The van der Waals surface area contributed by atoms with Crippen molar-refractivity contribution in [2.24, 2.45) is 0 Å². The van der Waals surface area contributed by atoms with Crippen LogP contribution in [0.3, 0.4) is 0 Å². The maximum Gasteiger partial charge on any atom is 0.107 e. The quantitative estimate of drug-likeness (QED) is 0.821. The van der Waals surface area contributed by atoms with Crippen LogP contribution in [0.5, 0.6) is 0 Å². The summed E-state index contributed by atoms with van der Waals surface area (Å²) in [5.74, 6) is 0. The molecule has 2 aromatic rings. The third-order valence-corrected chi connectivity index (χ3v) is 4.29. The fraction of sp³-hybridized carbons (Fsp3) is 0.438. The Bertz CT molecular complexity index is 526. The van der Waals surface area contributed by atoms with E-state index in [1.54, 1.807) is 11.3 Å². The molecule has 2 N–H and O–H groups in total. The first-order valence-electron chi connectivity index (χ1n) is 7.02. The van der Waals surface area contributed by atoms with E-state index in [1.807, 2.05) is 18.2 Å². The zero-order valence-electron chi connectivity index (χ0n) is 12.1. The van der Waals surface area contributed by atoms with E-state index in [0.717, 1.165) is 29.1 Å². The Morgan fingerprint density at radius 3 is 2.70 bits per heavy atom. The lowest BCUT2D eigenvalue weighted by Crippen LogP contribution is -2.45. The molecule has 1 aromatic carbocycles. The van der Waals surface area contributed by atoms with Gasteiger partial charge in [-0.1, -0.05) is 43.7 Å². The fourth-order valence-corrected chi connectivity index (χ4v) is 2.94. The third-order valence-electron chi connectivity index (χ3n) is 3.44. The van der Waals surface area contributed by atoms with Gasteiger partial charge in [-0.25, -0.2) is 4.98 Å². The largest absolute Gasteiger partial charge is 0.394 e. The highest BCUT2D eigenvalue weighted by Gasteiger charge is 2.21. The van der Waals surface area contributed by atoms with Crippen molar-refractivity contribution in [1.29, 1.82) is 0 Å². The average molecular weight is 290 g/mol. The normalized spacial score (nSPS) is 14.2. The predicted molar refractivity (Wildman–Crippen MR) is 84.8 cm³/mol. The molecule has 0 amide bonds. The first kappa shape index (κ1) is 15.2. The van der Waals surface area contributed by atoms with Crippen LogP contribution in [0.25, 0.3) is 11.3 Å². The lowest BCUT2D eigenvalue weighted by atomic mass is 9.97. The Morgan fingerprint density at radius 2 is 2.05 bits per heavy atom. The number of aliphatic hydroxyl groups is 1. The SMILES string of the molecule is CCCC(C)(CO)NCc1nc(-c2ccccc2)cs1. The molecule has 108 valence electrons.